The van der Waals surface area contributed by atoms with Gasteiger partial charge in [-0.05, 0) is 64.2 Å². The number of aliphatic hydroxyl groups is 2. The Hall–Kier alpha value is -5.09. The van der Waals surface area contributed by atoms with Crippen LogP contribution in [0.1, 0.15) is 86.5 Å². The van der Waals surface area contributed by atoms with Crippen molar-refractivity contribution >= 4 is 53.3 Å². The molecule has 0 aromatic heterocycles. The molecule has 0 aromatic carbocycles. The second-order valence-corrected chi connectivity index (χ2v) is 15.1. The van der Waals surface area contributed by atoms with E-state index in [9.17, 15) is 53.7 Å². The Morgan fingerprint density at radius 1 is 0.719 bits per heavy atom. The molecule has 22 nitrogen and oxygen atoms in total. The monoisotopic (exact) mass is 813 g/mol. The summed E-state index contributed by atoms with van der Waals surface area (Å²) in [4.78, 5) is 109. The summed E-state index contributed by atoms with van der Waals surface area (Å²) in [5.41, 5.74) is 22.0. The van der Waals surface area contributed by atoms with E-state index in [1.807, 2.05) is 13.8 Å². The zero-order chi connectivity index (χ0) is 43.7. The number of carboxylic acid groups (broad SMARTS) is 1. The van der Waals surface area contributed by atoms with E-state index in [1.165, 1.54) is 11.8 Å². The summed E-state index contributed by atoms with van der Waals surface area (Å²) in [5.74, 6) is -7.93. The van der Waals surface area contributed by atoms with Gasteiger partial charge < -0.3 is 69.7 Å². The molecule has 9 atom stereocenters. The topological polar surface area (TPSA) is 377 Å². The van der Waals surface area contributed by atoms with Gasteiger partial charge in [0.15, 0.2) is 12.0 Å². The van der Waals surface area contributed by atoms with Gasteiger partial charge in [0.1, 0.15) is 30.2 Å². The average molecular weight is 814 g/mol. The zero-order valence-electron chi connectivity index (χ0n) is 33.5. The highest BCUT2D eigenvalue weighted by Gasteiger charge is 2.41. The molecule has 0 bridgehead atoms. The quantitative estimate of drug-likeness (QED) is 0.0249. The molecule has 57 heavy (non-hydrogen) atoms. The van der Waals surface area contributed by atoms with Gasteiger partial charge in [-0.1, -0.05) is 27.7 Å². The van der Waals surface area contributed by atoms with Crippen LogP contribution in [0, 0.1) is 11.8 Å². The van der Waals surface area contributed by atoms with Crippen molar-refractivity contribution < 1.29 is 53.7 Å². The van der Waals surface area contributed by atoms with E-state index in [2.05, 4.69) is 31.6 Å². The number of carboxylic acids is 1. The van der Waals surface area contributed by atoms with E-state index in [-0.39, 0.29) is 56.6 Å². The van der Waals surface area contributed by atoms with Crippen LogP contribution < -0.4 is 49.5 Å². The molecule has 1 aliphatic heterocycles. The first-order valence-electron chi connectivity index (χ1n) is 19.0. The fraction of sp³-hybridized carbons (Fsp3) is 0.743. The number of hydrogen-bond acceptors (Lipinski definition) is 12. The predicted octanol–water partition coefficient (Wildman–Crippen LogP) is -4.40. The van der Waals surface area contributed by atoms with Gasteiger partial charge in [0, 0.05) is 13.1 Å². The maximum absolute atomic E-state index is 14.0. The fourth-order valence-corrected chi connectivity index (χ4v) is 6.10. The van der Waals surface area contributed by atoms with Gasteiger partial charge in [-0.25, -0.2) is 4.79 Å². The molecule has 0 radical (unpaired) electrons. The van der Waals surface area contributed by atoms with Crippen molar-refractivity contribution in [3.63, 3.8) is 0 Å². The van der Waals surface area contributed by atoms with E-state index < -0.39 is 108 Å². The molecule has 22 heteroatoms. The maximum atomic E-state index is 14.0. The van der Waals surface area contributed by atoms with Gasteiger partial charge in [0.05, 0.1) is 24.7 Å². The normalized spacial score (nSPS) is 18.2. The number of amides is 7. The van der Waals surface area contributed by atoms with Crippen molar-refractivity contribution in [3.05, 3.63) is 0 Å². The second-order valence-electron chi connectivity index (χ2n) is 15.1. The number of aliphatic imine (C=N–C) groups is 1. The van der Waals surface area contributed by atoms with Gasteiger partial charge in [-0.15, -0.1) is 0 Å². The highest BCUT2D eigenvalue weighted by Crippen LogP contribution is 2.21. The van der Waals surface area contributed by atoms with Crippen molar-refractivity contribution in [1.82, 2.24) is 31.5 Å². The van der Waals surface area contributed by atoms with Crippen molar-refractivity contribution in [2.45, 2.75) is 141 Å². The van der Waals surface area contributed by atoms with Gasteiger partial charge >= 0.3 is 5.97 Å². The van der Waals surface area contributed by atoms with Crippen molar-refractivity contribution in [1.29, 1.82) is 0 Å². The molecule has 1 rings (SSSR count). The van der Waals surface area contributed by atoms with E-state index in [0.717, 1.165) is 6.92 Å². The van der Waals surface area contributed by atoms with Crippen LogP contribution in [0.3, 0.4) is 0 Å². The molecule has 0 saturated carbocycles. The Morgan fingerprint density at radius 3 is 1.77 bits per heavy atom. The lowest BCUT2D eigenvalue weighted by molar-refractivity contribution is -0.145. The van der Waals surface area contributed by atoms with E-state index in [1.54, 1.807) is 13.8 Å². The Balaban J connectivity index is 3.29. The van der Waals surface area contributed by atoms with Crippen LogP contribution in [-0.4, -0.2) is 141 Å². The third kappa shape index (κ3) is 17.3. The predicted molar refractivity (Wildman–Crippen MR) is 206 cm³/mol. The van der Waals surface area contributed by atoms with Crippen molar-refractivity contribution in [3.8, 4) is 0 Å². The van der Waals surface area contributed by atoms with Crippen LogP contribution in [-0.2, 0) is 38.4 Å². The molecule has 1 heterocycles. The van der Waals surface area contributed by atoms with Crippen LogP contribution in [0.5, 0.6) is 0 Å². The van der Waals surface area contributed by atoms with Gasteiger partial charge in [-0.2, -0.15) is 0 Å². The SMILES string of the molecule is CC(C)C[C@H](NC(=O)[C@@H](NC(=O)[C@@H](N)CC(C)C)[C@@H](C)O)C(=O)N1CCC[C@H]1C(=O)N[C@@H](CC(N)=O)C(=O)N[C@@H](CCCN=C(N)N)C(=O)N[C@H](C(=O)O)[C@@H](C)O. The molecular weight excluding hydrogens is 750 g/mol. The van der Waals surface area contributed by atoms with Gasteiger partial charge in [0.25, 0.3) is 0 Å². The number of nitrogens with two attached hydrogens (primary N) is 4. The molecule has 0 spiro atoms. The minimum atomic E-state index is -1.74. The summed E-state index contributed by atoms with van der Waals surface area (Å²) >= 11 is 0. The number of carbonyl (C=O) groups excluding carboxylic acids is 7. The Bertz CT molecular complexity index is 1450. The molecule has 1 fully saturated rings. The molecular formula is C35H63N11O11. The first kappa shape index (κ1) is 49.9. The minimum absolute atomic E-state index is 0.0206. The average Bonchev–Trinajstić information content (AvgIpc) is 3.58. The van der Waals surface area contributed by atoms with Crippen LogP contribution in [0.15, 0.2) is 4.99 Å². The smallest absolute Gasteiger partial charge is 0.328 e. The lowest BCUT2D eigenvalue weighted by Crippen LogP contribution is -2.61. The number of guanidine groups is 1. The fourth-order valence-electron chi connectivity index (χ4n) is 6.10. The molecule has 7 amide bonds. The van der Waals surface area contributed by atoms with Crippen LogP contribution in [0.4, 0.5) is 0 Å². The minimum Gasteiger partial charge on any atom is -0.480 e. The Kier molecular flexibility index (Phi) is 20.9. The lowest BCUT2D eigenvalue weighted by atomic mass is 10.0. The molecule has 16 N–H and O–H groups in total. The Labute approximate surface area is 332 Å². The van der Waals surface area contributed by atoms with Crippen LogP contribution in [0.2, 0.25) is 0 Å². The zero-order valence-corrected chi connectivity index (χ0v) is 33.5. The molecule has 0 aromatic rings. The summed E-state index contributed by atoms with van der Waals surface area (Å²) in [5, 5.41) is 41.7. The number of aliphatic carboxylic acids is 1. The highest BCUT2D eigenvalue weighted by atomic mass is 16.4. The first-order valence-corrected chi connectivity index (χ1v) is 19.0. The number of hydrogen-bond donors (Lipinski definition) is 12. The van der Waals surface area contributed by atoms with Crippen molar-refractivity contribution in [2.75, 3.05) is 13.1 Å². The van der Waals surface area contributed by atoms with Crippen molar-refractivity contribution in [2.24, 2.45) is 39.8 Å². The third-order valence-corrected chi connectivity index (χ3v) is 8.95. The summed E-state index contributed by atoms with van der Waals surface area (Å²) in [6.07, 6.45) is -2.73. The van der Waals surface area contributed by atoms with Gasteiger partial charge in [-0.3, -0.25) is 38.6 Å². The molecule has 1 aliphatic rings. The Morgan fingerprint density at radius 2 is 1.26 bits per heavy atom. The molecule has 0 unspecified atom stereocenters. The van der Waals surface area contributed by atoms with Gasteiger partial charge in [0.2, 0.25) is 41.4 Å². The maximum Gasteiger partial charge on any atom is 0.328 e. The van der Waals surface area contributed by atoms with E-state index in [4.69, 9.17) is 22.9 Å². The number of primary amides is 1. The second kappa shape index (κ2) is 23.9. The first-order chi connectivity index (χ1) is 26.5. The van der Waals surface area contributed by atoms with Crippen LogP contribution in [0.25, 0.3) is 0 Å². The highest BCUT2D eigenvalue weighted by molar-refractivity contribution is 5.98. The summed E-state index contributed by atoms with van der Waals surface area (Å²) in [7, 11) is 0. The summed E-state index contributed by atoms with van der Waals surface area (Å²) < 4.78 is 0. The van der Waals surface area contributed by atoms with E-state index in [0.29, 0.717) is 12.8 Å². The number of nitrogens with one attached hydrogen (secondary N) is 5. The molecule has 0 aliphatic carbocycles. The number of likely N-dealkylation sites (tertiary alicyclic amines) is 1. The number of aliphatic hydroxyl groups excluding tert-OH is 2. The summed E-state index contributed by atoms with van der Waals surface area (Å²) in [6, 6.07) is -9.63. The van der Waals surface area contributed by atoms with Crippen LogP contribution >= 0.6 is 0 Å². The lowest BCUT2D eigenvalue weighted by Gasteiger charge is -2.32. The molecule has 1 saturated heterocycles. The number of nitrogens with zero attached hydrogens (tertiary/aromatic N) is 2. The summed E-state index contributed by atoms with van der Waals surface area (Å²) in [6.45, 7) is 9.86. The molecule has 324 valence electrons. The standard InChI is InChI=1S/C35H63N11O11/c1-16(2)13-20(36)28(50)44-26(18(5)47)32(54)43-23(14-17(3)4)33(55)46-12-8-10-24(46)31(53)42-22(15-25(37)49)30(52)41-21(9-7-11-40-35(38)39)29(51)45-27(19(6)48)34(56)57/h16-24,26-27,47-48H,7-15,36H2,1-6H3,(H2,37,49)(H,41,52)(H,42,53)(H,43,54)(H,44,50)(H,45,51)(H,56,57)(H4,38,39,40)/t18-,19-,20+,21+,22+,23+,24+,26+,27+/m1/s1. The third-order valence-electron chi connectivity index (χ3n) is 8.95. The number of carbonyl (C=O) groups is 8. The van der Waals surface area contributed by atoms with E-state index >= 15 is 0 Å². The largest absolute Gasteiger partial charge is 0.480 e. The number of rotatable bonds is 24.